The molecule has 1 atom stereocenters. The molecule has 0 aliphatic rings. The molecule has 0 radical (unpaired) electrons. The lowest BCUT2D eigenvalue weighted by atomic mass is 10.0. The molecular formula is C19H18N2O6. The molecule has 27 heavy (non-hydrogen) atoms. The molecule has 0 heterocycles. The number of nitro groups is 1. The van der Waals surface area contributed by atoms with Crippen LogP contribution in [-0.4, -0.2) is 35.5 Å². The average Bonchev–Trinajstić information content (AvgIpc) is 2.66. The van der Waals surface area contributed by atoms with Crippen molar-refractivity contribution >= 4 is 23.7 Å². The zero-order chi connectivity index (χ0) is 19.8. The van der Waals surface area contributed by atoms with E-state index >= 15 is 0 Å². The van der Waals surface area contributed by atoms with E-state index < -0.39 is 29.2 Å². The maximum Gasteiger partial charge on any atom is 0.311 e. The van der Waals surface area contributed by atoms with Gasteiger partial charge in [0.2, 0.25) is 0 Å². The topological polar surface area (TPSA) is 116 Å². The van der Waals surface area contributed by atoms with Gasteiger partial charge in [0.05, 0.1) is 11.0 Å². The van der Waals surface area contributed by atoms with Crippen LogP contribution in [0.2, 0.25) is 0 Å². The maximum atomic E-state index is 12.1. The minimum atomic E-state index is -0.726. The van der Waals surface area contributed by atoms with Crippen molar-refractivity contribution in [2.45, 2.75) is 19.4 Å². The van der Waals surface area contributed by atoms with Gasteiger partial charge in [-0.25, -0.2) is 0 Å². The summed E-state index contributed by atoms with van der Waals surface area (Å²) in [5, 5.41) is 13.6. The molecule has 0 unspecified atom stereocenters. The predicted molar refractivity (Wildman–Crippen MR) is 96.7 cm³/mol. The Morgan fingerprint density at radius 1 is 1.22 bits per heavy atom. The number of hydrogen-bond donors (Lipinski definition) is 1. The quantitative estimate of drug-likeness (QED) is 0.410. The fourth-order valence-corrected chi connectivity index (χ4v) is 2.40. The molecule has 0 saturated heterocycles. The monoisotopic (exact) mass is 370 g/mol. The van der Waals surface area contributed by atoms with Crippen LogP contribution in [0.25, 0.3) is 0 Å². The Hall–Kier alpha value is -3.55. The molecule has 0 spiro atoms. The molecule has 0 aliphatic heterocycles. The molecule has 1 N–H and O–H groups in total. The number of nitrogens with zero attached hydrogens (tertiary/aromatic N) is 1. The van der Waals surface area contributed by atoms with Crippen molar-refractivity contribution in [3.8, 4) is 5.75 Å². The summed E-state index contributed by atoms with van der Waals surface area (Å²) in [4.78, 5) is 45.0. The van der Waals surface area contributed by atoms with Gasteiger partial charge < -0.3 is 10.1 Å². The van der Waals surface area contributed by atoms with E-state index in [-0.39, 0.29) is 17.1 Å². The summed E-state index contributed by atoms with van der Waals surface area (Å²) in [6, 6.07) is 12.1. The average molecular weight is 370 g/mol. The van der Waals surface area contributed by atoms with Gasteiger partial charge in [0.25, 0.3) is 5.91 Å². The lowest BCUT2D eigenvalue weighted by Crippen LogP contribution is -2.43. The Bertz CT molecular complexity index is 851. The van der Waals surface area contributed by atoms with Crippen molar-refractivity contribution in [1.29, 1.82) is 0 Å². The van der Waals surface area contributed by atoms with Gasteiger partial charge in [-0.15, -0.1) is 0 Å². The van der Waals surface area contributed by atoms with E-state index in [9.17, 15) is 24.5 Å². The van der Waals surface area contributed by atoms with E-state index in [1.54, 1.807) is 0 Å². The highest BCUT2D eigenvalue weighted by molar-refractivity contribution is 5.88. The van der Waals surface area contributed by atoms with Crippen LogP contribution < -0.4 is 10.1 Å². The van der Waals surface area contributed by atoms with Crippen LogP contribution in [0.3, 0.4) is 0 Å². The largest absolute Gasteiger partial charge is 0.477 e. The lowest BCUT2D eigenvalue weighted by molar-refractivity contribution is -0.385. The molecule has 2 aromatic rings. The molecule has 140 valence electrons. The number of ketones is 1. The van der Waals surface area contributed by atoms with E-state index in [1.807, 2.05) is 30.3 Å². The van der Waals surface area contributed by atoms with E-state index in [0.717, 1.165) is 11.6 Å². The number of ether oxygens (including phenoxy) is 1. The Morgan fingerprint density at radius 3 is 2.52 bits per heavy atom. The minimum absolute atomic E-state index is 0.123. The highest BCUT2D eigenvalue weighted by Gasteiger charge is 2.20. The Kier molecular flexibility index (Phi) is 6.76. The second-order valence-corrected chi connectivity index (χ2v) is 5.81. The molecule has 0 fully saturated rings. The molecular weight excluding hydrogens is 352 g/mol. The van der Waals surface area contributed by atoms with Gasteiger partial charge in [0, 0.05) is 11.6 Å². The fraction of sp³-hybridized carbons (Fsp3) is 0.211. The zero-order valence-corrected chi connectivity index (χ0v) is 14.6. The SMILES string of the molecule is CC(=O)[C@@H](Cc1ccccc1)NC(=O)COc1ccc(C=O)cc1[N+](=O)[O-]. The molecule has 0 aliphatic carbocycles. The van der Waals surface area contributed by atoms with Crippen molar-refractivity contribution < 1.29 is 24.0 Å². The predicted octanol–water partition coefficient (Wildman–Crippen LogP) is 2.10. The molecule has 1 amide bonds. The zero-order valence-electron chi connectivity index (χ0n) is 14.6. The highest BCUT2D eigenvalue weighted by Crippen LogP contribution is 2.27. The Balaban J connectivity index is 2.01. The summed E-state index contributed by atoms with van der Waals surface area (Å²) in [5.74, 6) is -0.934. The van der Waals surface area contributed by atoms with Crippen LogP contribution in [0.4, 0.5) is 5.69 Å². The van der Waals surface area contributed by atoms with Crippen LogP contribution in [0.5, 0.6) is 5.75 Å². The molecule has 0 aromatic heterocycles. The number of amides is 1. The van der Waals surface area contributed by atoms with Gasteiger partial charge in [-0.2, -0.15) is 0 Å². The Morgan fingerprint density at radius 2 is 1.93 bits per heavy atom. The smallest absolute Gasteiger partial charge is 0.311 e. The van der Waals surface area contributed by atoms with Crippen molar-refractivity contribution in [2.75, 3.05) is 6.61 Å². The van der Waals surface area contributed by atoms with E-state index in [0.29, 0.717) is 12.7 Å². The first kappa shape index (κ1) is 19.8. The Labute approximate surface area is 155 Å². The van der Waals surface area contributed by atoms with E-state index in [2.05, 4.69) is 5.32 Å². The number of hydrogen-bond acceptors (Lipinski definition) is 6. The van der Waals surface area contributed by atoms with Crippen molar-refractivity contribution in [1.82, 2.24) is 5.32 Å². The number of nitrogens with one attached hydrogen (secondary N) is 1. The number of benzene rings is 2. The first-order chi connectivity index (χ1) is 12.9. The van der Waals surface area contributed by atoms with Crippen molar-refractivity contribution in [3.05, 3.63) is 69.8 Å². The number of Topliss-reactive ketones (excluding diaryl/α,β-unsaturated/α-hetero) is 1. The van der Waals surface area contributed by atoms with Gasteiger partial charge in [0.1, 0.15) is 6.29 Å². The summed E-state index contributed by atoms with van der Waals surface area (Å²) < 4.78 is 5.21. The summed E-state index contributed by atoms with van der Waals surface area (Å²) in [5.41, 5.74) is 0.594. The molecule has 8 heteroatoms. The molecule has 0 bridgehead atoms. The van der Waals surface area contributed by atoms with Gasteiger partial charge in [0.15, 0.2) is 18.1 Å². The van der Waals surface area contributed by atoms with Gasteiger partial charge in [-0.1, -0.05) is 30.3 Å². The second-order valence-electron chi connectivity index (χ2n) is 5.81. The summed E-state index contributed by atoms with van der Waals surface area (Å²) in [6.07, 6.45) is 0.806. The van der Waals surface area contributed by atoms with Crippen LogP contribution >= 0.6 is 0 Å². The third-order valence-corrected chi connectivity index (χ3v) is 3.78. The van der Waals surface area contributed by atoms with Crippen molar-refractivity contribution in [2.24, 2.45) is 0 Å². The number of carbonyl (C=O) groups is 3. The number of aldehydes is 1. The first-order valence-corrected chi connectivity index (χ1v) is 8.11. The lowest BCUT2D eigenvalue weighted by Gasteiger charge is -2.16. The van der Waals surface area contributed by atoms with Gasteiger partial charge in [-0.3, -0.25) is 24.5 Å². The molecule has 2 rings (SSSR count). The second kappa shape index (κ2) is 9.23. The van der Waals surface area contributed by atoms with Crippen LogP contribution in [0.15, 0.2) is 48.5 Å². The van der Waals surface area contributed by atoms with E-state index in [4.69, 9.17) is 4.74 Å². The maximum absolute atomic E-state index is 12.1. The standard InChI is InChI=1S/C19H18N2O6/c1-13(23)16(9-14-5-3-2-4-6-14)20-19(24)12-27-18-8-7-15(11-22)10-17(18)21(25)26/h2-8,10-11,16H,9,12H2,1H3,(H,20,24)/t16-/m1/s1. The number of nitro benzene ring substituents is 1. The van der Waals surface area contributed by atoms with E-state index in [1.165, 1.54) is 19.1 Å². The van der Waals surface area contributed by atoms with Gasteiger partial charge in [-0.05, 0) is 31.0 Å². The normalized spacial score (nSPS) is 11.3. The third kappa shape index (κ3) is 5.74. The molecule has 0 saturated carbocycles. The third-order valence-electron chi connectivity index (χ3n) is 3.78. The number of rotatable bonds is 9. The van der Waals surface area contributed by atoms with Crippen LogP contribution in [-0.2, 0) is 16.0 Å². The molecule has 8 nitrogen and oxygen atoms in total. The highest BCUT2D eigenvalue weighted by atomic mass is 16.6. The first-order valence-electron chi connectivity index (χ1n) is 8.11. The number of carbonyl (C=O) groups excluding carboxylic acids is 3. The minimum Gasteiger partial charge on any atom is -0.477 e. The summed E-state index contributed by atoms with van der Waals surface area (Å²) in [6.45, 7) is 0.873. The summed E-state index contributed by atoms with van der Waals surface area (Å²) >= 11 is 0. The summed E-state index contributed by atoms with van der Waals surface area (Å²) in [7, 11) is 0. The molecule has 2 aromatic carbocycles. The van der Waals surface area contributed by atoms with Crippen LogP contribution in [0, 0.1) is 10.1 Å². The van der Waals surface area contributed by atoms with Gasteiger partial charge >= 0.3 is 5.69 Å². The van der Waals surface area contributed by atoms with Crippen molar-refractivity contribution in [3.63, 3.8) is 0 Å². The van der Waals surface area contributed by atoms with Crippen LogP contribution in [0.1, 0.15) is 22.8 Å². The fourth-order valence-electron chi connectivity index (χ4n) is 2.40.